The number of hydrogen-bond acceptors (Lipinski definition) is 3. The lowest BCUT2D eigenvalue weighted by atomic mass is 9.72. The van der Waals surface area contributed by atoms with E-state index in [4.69, 9.17) is 11.6 Å². The molecule has 0 saturated heterocycles. The zero-order valence-electron chi connectivity index (χ0n) is 14.3. The van der Waals surface area contributed by atoms with Crippen LogP contribution in [0.25, 0.3) is 0 Å². The number of fused-ring (bicyclic) bond motifs is 1. The highest BCUT2D eigenvalue weighted by Gasteiger charge is 2.32. The molecule has 0 unspecified atom stereocenters. The second-order valence-electron chi connectivity index (χ2n) is 7.38. The van der Waals surface area contributed by atoms with Crippen LogP contribution in [0.1, 0.15) is 48.8 Å². The molecule has 2 aromatic rings. The van der Waals surface area contributed by atoms with Gasteiger partial charge in [0, 0.05) is 21.7 Å². The fourth-order valence-electron chi connectivity index (χ4n) is 3.22. The average molecular weight is 357 g/mol. The molecule has 3 rings (SSSR count). The molecule has 1 heterocycles. The summed E-state index contributed by atoms with van der Waals surface area (Å²) in [7, 11) is 0. The first-order valence-electron chi connectivity index (χ1n) is 8.23. The van der Waals surface area contributed by atoms with Crippen LogP contribution < -0.4 is 0 Å². The van der Waals surface area contributed by atoms with Crippen molar-refractivity contribution < 1.29 is 0 Å². The van der Waals surface area contributed by atoms with Crippen molar-refractivity contribution in [2.75, 3.05) is 0 Å². The molecule has 0 fully saturated rings. The molecule has 1 aromatic carbocycles. The summed E-state index contributed by atoms with van der Waals surface area (Å²) in [5.41, 5.74) is 3.15. The van der Waals surface area contributed by atoms with Gasteiger partial charge in [-0.2, -0.15) is 5.26 Å². The molecule has 0 aliphatic heterocycles. The Balaban J connectivity index is 1.93. The molecule has 124 valence electrons. The van der Waals surface area contributed by atoms with Crippen molar-refractivity contribution in [3.05, 3.63) is 50.9 Å². The van der Waals surface area contributed by atoms with Gasteiger partial charge < -0.3 is 0 Å². The van der Waals surface area contributed by atoms with Crippen LogP contribution in [0.2, 0.25) is 5.02 Å². The van der Waals surface area contributed by atoms with Gasteiger partial charge in [-0.3, -0.25) is 0 Å². The Morgan fingerprint density at radius 3 is 2.75 bits per heavy atom. The number of benzene rings is 1. The smallest absolute Gasteiger partial charge is 0.134 e. The van der Waals surface area contributed by atoms with E-state index in [-0.39, 0.29) is 0 Å². The monoisotopic (exact) mass is 356 g/mol. The van der Waals surface area contributed by atoms with Gasteiger partial charge in [0.2, 0.25) is 0 Å². The van der Waals surface area contributed by atoms with Gasteiger partial charge in [-0.05, 0) is 42.2 Å². The maximum absolute atomic E-state index is 9.60. The molecule has 4 heteroatoms. The maximum atomic E-state index is 9.60. The highest BCUT2D eigenvalue weighted by molar-refractivity contribution is 7.16. The Morgan fingerprint density at radius 2 is 2.08 bits per heavy atom. The third kappa shape index (κ3) is 3.41. The van der Waals surface area contributed by atoms with E-state index in [0.717, 1.165) is 35.4 Å². The largest absolute Gasteiger partial charge is 0.244 e. The maximum Gasteiger partial charge on any atom is 0.134 e. The van der Waals surface area contributed by atoms with Gasteiger partial charge in [-0.15, -0.1) is 11.3 Å². The number of aliphatic imine (C=N–C) groups is 1. The summed E-state index contributed by atoms with van der Waals surface area (Å²) >= 11 is 7.85. The highest BCUT2D eigenvalue weighted by atomic mass is 35.5. The van der Waals surface area contributed by atoms with Crippen LogP contribution in [0.5, 0.6) is 0 Å². The van der Waals surface area contributed by atoms with Crippen LogP contribution in [-0.2, 0) is 12.8 Å². The summed E-state index contributed by atoms with van der Waals surface area (Å²) in [5.74, 6) is 0.663. The fraction of sp³-hybridized carbons (Fsp3) is 0.400. The lowest BCUT2D eigenvalue weighted by molar-refractivity contribution is 0.218. The summed E-state index contributed by atoms with van der Waals surface area (Å²) < 4.78 is 0. The van der Waals surface area contributed by atoms with Gasteiger partial charge in [0.05, 0.1) is 5.56 Å². The first-order valence-corrected chi connectivity index (χ1v) is 9.43. The zero-order valence-corrected chi connectivity index (χ0v) is 15.8. The van der Waals surface area contributed by atoms with Crippen LogP contribution in [0.4, 0.5) is 5.00 Å². The van der Waals surface area contributed by atoms with Crippen LogP contribution >= 0.6 is 22.9 Å². The van der Waals surface area contributed by atoms with Crippen molar-refractivity contribution in [3.63, 3.8) is 0 Å². The summed E-state index contributed by atoms with van der Waals surface area (Å²) in [4.78, 5) is 5.92. The molecule has 0 amide bonds. The van der Waals surface area contributed by atoms with Crippen molar-refractivity contribution in [2.45, 2.75) is 40.0 Å². The third-order valence-electron chi connectivity index (χ3n) is 4.81. The van der Waals surface area contributed by atoms with Gasteiger partial charge >= 0.3 is 0 Å². The van der Waals surface area contributed by atoms with Crippen molar-refractivity contribution in [2.24, 2.45) is 16.3 Å². The predicted octanol–water partition coefficient (Wildman–Crippen LogP) is 6.17. The molecular formula is C20H21ClN2S. The quantitative estimate of drug-likeness (QED) is 0.592. The van der Waals surface area contributed by atoms with Gasteiger partial charge in [0.25, 0.3) is 0 Å². The topological polar surface area (TPSA) is 36.1 Å². The number of halogens is 1. The van der Waals surface area contributed by atoms with Crippen molar-refractivity contribution in [1.82, 2.24) is 0 Å². The molecule has 0 saturated carbocycles. The molecule has 1 aliphatic carbocycles. The highest BCUT2D eigenvalue weighted by Crippen LogP contribution is 2.44. The van der Waals surface area contributed by atoms with E-state index < -0.39 is 0 Å². The first-order chi connectivity index (χ1) is 11.4. The van der Waals surface area contributed by atoms with Gasteiger partial charge in [0.15, 0.2) is 0 Å². The number of thiophene rings is 1. The van der Waals surface area contributed by atoms with E-state index in [0.29, 0.717) is 16.4 Å². The molecule has 24 heavy (non-hydrogen) atoms. The van der Waals surface area contributed by atoms with Crippen LogP contribution in [-0.4, -0.2) is 6.21 Å². The number of nitriles is 1. The van der Waals surface area contributed by atoms with E-state index in [1.54, 1.807) is 17.6 Å². The Kier molecular flexibility index (Phi) is 4.80. The van der Waals surface area contributed by atoms with Gasteiger partial charge in [-0.25, -0.2) is 4.99 Å². The second kappa shape index (κ2) is 6.70. The van der Waals surface area contributed by atoms with Gasteiger partial charge in [-0.1, -0.05) is 50.6 Å². The molecule has 1 aromatic heterocycles. The van der Waals surface area contributed by atoms with E-state index in [1.807, 2.05) is 24.3 Å². The Morgan fingerprint density at radius 1 is 1.33 bits per heavy atom. The number of hydrogen-bond donors (Lipinski definition) is 0. The minimum absolute atomic E-state index is 0.301. The third-order valence-corrected chi connectivity index (χ3v) is 6.32. The van der Waals surface area contributed by atoms with E-state index >= 15 is 0 Å². The second-order valence-corrected chi connectivity index (χ2v) is 8.87. The van der Waals surface area contributed by atoms with Crippen molar-refractivity contribution in [3.8, 4) is 6.07 Å². The fourth-order valence-corrected chi connectivity index (χ4v) is 4.63. The zero-order chi connectivity index (χ0) is 17.3. The summed E-state index contributed by atoms with van der Waals surface area (Å²) in [6.07, 6.45) is 4.95. The number of nitrogens with zero attached hydrogens (tertiary/aromatic N) is 2. The molecule has 0 radical (unpaired) electrons. The summed E-state index contributed by atoms with van der Waals surface area (Å²) in [6.45, 7) is 6.91. The normalized spacial score (nSPS) is 17.7. The predicted molar refractivity (Wildman–Crippen MR) is 103 cm³/mol. The minimum atomic E-state index is 0.301. The van der Waals surface area contributed by atoms with E-state index in [2.05, 4.69) is 31.8 Å². The molecule has 1 atom stereocenters. The molecule has 1 aliphatic rings. The molecule has 0 bridgehead atoms. The lowest BCUT2D eigenvalue weighted by Gasteiger charge is -2.33. The van der Waals surface area contributed by atoms with Crippen molar-refractivity contribution in [1.29, 1.82) is 5.26 Å². The Hall–Kier alpha value is -1.63. The van der Waals surface area contributed by atoms with Crippen molar-refractivity contribution >= 4 is 34.2 Å². The van der Waals surface area contributed by atoms with E-state index in [1.165, 1.54) is 10.4 Å². The minimum Gasteiger partial charge on any atom is -0.244 e. The summed E-state index contributed by atoms with van der Waals surface area (Å²) in [5, 5.41) is 11.1. The lowest BCUT2D eigenvalue weighted by Crippen LogP contribution is -2.26. The van der Waals surface area contributed by atoms with Crippen LogP contribution in [0.15, 0.2) is 29.3 Å². The Labute approximate surface area is 152 Å². The average Bonchev–Trinajstić information content (AvgIpc) is 2.89. The molecule has 0 spiro atoms. The van der Waals surface area contributed by atoms with E-state index in [9.17, 15) is 5.26 Å². The first kappa shape index (κ1) is 17.2. The SMILES string of the molecule is CC(C)(C)[C@H]1CCc2c(sc(N=Cc3ccccc3Cl)c2C#N)C1. The standard InChI is InChI=1S/C20H21ClN2S/c1-20(2,3)14-8-9-15-16(11-22)19(24-18(15)10-14)23-12-13-6-4-5-7-17(13)21/h4-7,12,14H,8-10H2,1-3H3/t14-/m0/s1. The van der Waals surface area contributed by atoms with Gasteiger partial charge in [0.1, 0.15) is 11.1 Å². The molecule has 2 nitrogen and oxygen atoms in total. The Bertz CT molecular complexity index is 821. The van der Waals surface area contributed by atoms with Crippen LogP contribution in [0.3, 0.4) is 0 Å². The number of rotatable bonds is 2. The summed E-state index contributed by atoms with van der Waals surface area (Å²) in [6, 6.07) is 9.99. The van der Waals surface area contributed by atoms with Crippen LogP contribution in [0, 0.1) is 22.7 Å². The molecular weight excluding hydrogens is 336 g/mol. The molecule has 0 N–H and O–H groups in total.